The number of benzene rings is 2. The zero-order valence-electron chi connectivity index (χ0n) is 18.8. The molecular formula is C23H29N3O5S. The molecule has 172 valence electrons. The molecule has 2 amide bonds. The summed E-state index contributed by atoms with van der Waals surface area (Å²) >= 11 is 0. The maximum atomic E-state index is 13.1. The highest BCUT2D eigenvalue weighted by molar-refractivity contribution is 7.89. The Labute approximate surface area is 189 Å². The van der Waals surface area contributed by atoms with Gasteiger partial charge >= 0.3 is 0 Å². The Kier molecular flexibility index (Phi) is 6.90. The van der Waals surface area contributed by atoms with Crippen LogP contribution in [0.1, 0.15) is 54.3 Å². The second kappa shape index (κ2) is 9.30. The van der Waals surface area contributed by atoms with E-state index in [1.54, 1.807) is 24.3 Å². The van der Waals surface area contributed by atoms with Crippen molar-refractivity contribution in [2.45, 2.75) is 44.0 Å². The maximum absolute atomic E-state index is 13.1. The molecule has 1 fully saturated rings. The monoisotopic (exact) mass is 459 g/mol. The molecule has 2 N–H and O–H groups in total. The Hall–Kier alpha value is -2.91. The van der Waals surface area contributed by atoms with Crippen LogP contribution in [0.25, 0.3) is 0 Å². The third-order valence-electron chi connectivity index (χ3n) is 5.03. The molecule has 32 heavy (non-hydrogen) atoms. The van der Waals surface area contributed by atoms with E-state index in [2.05, 4.69) is 10.6 Å². The van der Waals surface area contributed by atoms with Gasteiger partial charge in [-0.2, -0.15) is 4.31 Å². The molecule has 0 bridgehead atoms. The number of ether oxygens (including phenoxy) is 1. The molecule has 0 spiro atoms. The normalized spacial score (nSPS) is 14.8. The van der Waals surface area contributed by atoms with Crippen molar-refractivity contribution >= 4 is 27.5 Å². The minimum absolute atomic E-state index is 0.0316. The summed E-state index contributed by atoms with van der Waals surface area (Å²) in [7, 11) is -2.29. The average molecular weight is 460 g/mol. The number of nitrogens with one attached hydrogen (secondary N) is 2. The van der Waals surface area contributed by atoms with Gasteiger partial charge in [-0.05, 0) is 63.9 Å². The van der Waals surface area contributed by atoms with Crippen LogP contribution in [-0.4, -0.2) is 50.3 Å². The first-order chi connectivity index (χ1) is 15.0. The van der Waals surface area contributed by atoms with Crippen LogP contribution in [0.15, 0.2) is 47.4 Å². The van der Waals surface area contributed by atoms with Crippen LogP contribution in [0.2, 0.25) is 0 Å². The summed E-state index contributed by atoms with van der Waals surface area (Å²) < 4.78 is 32.6. The van der Waals surface area contributed by atoms with Gasteiger partial charge in [0.15, 0.2) is 0 Å². The van der Waals surface area contributed by atoms with Crippen molar-refractivity contribution in [1.82, 2.24) is 9.62 Å². The third-order valence-corrected chi connectivity index (χ3v) is 6.92. The molecule has 0 aliphatic carbocycles. The molecule has 9 heteroatoms. The minimum Gasteiger partial charge on any atom is -0.496 e. The number of carbonyl (C=O) groups excluding carboxylic acids is 2. The van der Waals surface area contributed by atoms with E-state index in [4.69, 9.17) is 4.74 Å². The number of rotatable bonds is 6. The fourth-order valence-corrected chi connectivity index (χ4v) is 5.03. The topological polar surface area (TPSA) is 105 Å². The molecule has 0 unspecified atom stereocenters. The van der Waals surface area contributed by atoms with Crippen LogP contribution >= 0.6 is 0 Å². The SMILES string of the molecule is COc1ccc(S(=O)(=O)N2CCCC2)cc1C(=O)Nc1ccccc1C(=O)NC(C)(C)C. The molecule has 0 atom stereocenters. The molecule has 2 aromatic carbocycles. The van der Waals surface area contributed by atoms with Gasteiger partial charge in [-0.1, -0.05) is 12.1 Å². The molecule has 2 aromatic rings. The largest absolute Gasteiger partial charge is 0.496 e. The van der Waals surface area contributed by atoms with Gasteiger partial charge in [-0.3, -0.25) is 9.59 Å². The summed E-state index contributed by atoms with van der Waals surface area (Å²) in [6.07, 6.45) is 1.63. The summed E-state index contributed by atoms with van der Waals surface area (Å²) in [6.45, 7) is 6.52. The van der Waals surface area contributed by atoms with Gasteiger partial charge < -0.3 is 15.4 Å². The Bertz CT molecular complexity index is 1120. The Morgan fingerprint density at radius 3 is 2.25 bits per heavy atom. The van der Waals surface area contributed by atoms with E-state index in [0.717, 1.165) is 12.8 Å². The smallest absolute Gasteiger partial charge is 0.259 e. The van der Waals surface area contributed by atoms with Gasteiger partial charge in [0.05, 0.1) is 28.8 Å². The van der Waals surface area contributed by atoms with E-state index in [-0.39, 0.29) is 22.1 Å². The third kappa shape index (κ3) is 5.28. The van der Waals surface area contributed by atoms with Crippen LogP contribution in [0, 0.1) is 0 Å². The lowest BCUT2D eigenvalue weighted by atomic mass is 10.1. The number of hydrogen-bond donors (Lipinski definition) is 2. The van der Waals surface area contributed by atoms with Crippen molar-refractivity contribution in [2.75, 3.05) is 25.5 Å². The number of methoxy groups -OCH3 is 1. The Morgan fingerprint density at radius 2 is 1.62 bits per heavy atom. The second-order valence-electron chi connectivity index (χ2n) is 8.68. The quantitative estimate of drug-likeness (QED) is 0.690. The predicted octanol–water partition coefficient (Wildman–Crippen LogP) is 3.26. The predicted molar refractivity (Wildman–Crippen MR) is 123 cm³/mol. The van der Waals surface area contributed by atoms with E-state index in [1.165, 1.54) is 29.6 Å². The summed E-state index contributed by atoms with van der Waals surface area (Å²) in [4.78, 5) is 25.8. The van der Waals surface area contributed by atoms with Crippen molar-refractivity contribution in [2.24, 2.45) is 0 Å². The summed E-state index contributed by atoms with van der Waals surface area (Å²) in [5, 5.41) is 5.60. The van der Waals surface area contributed by atoms with Crippen molar-refractivity contribution in [1.29, 1.82) is 0 Å². The molecular weight excluding hydrogens is 430 g/mol. The number of anilines is 1. The van der Waals surface area contributed by atoms with Crippen LogP contribution in [0.4, 0.5) is 5.69 Å². The number of para-hydroxylation sites is 1. The van der Waals surface area contributed by atoms with Crippen LogP contribution in [-0.2, 0) is 10.0 Å². The lowest BCUT2D eigenvalue weighted by molar-refractivity contribution is 0.0920. The van der Waals surface area contributed by atoms with Crippen molar-refractivity contribution < 1.29 is 22.7 Å². The van der Waals surface area contributed by atoms with E-state index < -0.39 is 21.5 Å². The molecule has 8 nitrogen and oxygen atoms in total. The Morgan fingerprint density at radius 1 is 0.969 bits per heavy atom. The van der Waals surface area contributed by atoms with Crippen molar-refractivity contribution in [3.8, 4) is 5.75 Å². The summed E-state index contributed by atoms with van der Waals surface area (Å²) in [6, 6.07) is 10.9. The Balaban J connectivity index is 1.93. The molecule has 3 rings (SSSR count). The molecule has 0 saturated carbocycles. The van der Waals surface area contributed by atoms with Crippen LogP contribution in [0.3, 0.4) is 0 Å². The highest BCUT2D eigenvalue weighted by Crippen LogP contribution is 2.28. The zero-order valence-corrected chi connectivity index (χ0v) is 19.6. The fourth-order valence-electron chi connectivity index (χ4n) is 3.49. The average Bonchev–Trinajstić information content (AvgIpc) is 3.28. The number of hydrogen-bond acceptors (Lipinski definition) is 5. The zero-order chi connectivity index (χ0) is 23.5. The van der Waals surface area contributed by atoms with E-state index >= 15 is 0 Å². The lowest BCUT2D eigenvalue weighted by Crippen LogP contribution is -2.40. The molecule has 1 heterocycles. The van der Waals surface area contributed by atoms with Crippen LogP contribution < -0.4 is 15.4 Å². The first-order valence-electron chi connectivity index (χ1n) is 10.4. The first kappa shape index (κ1) is 23.7. The molecule has 0 radical (unpaired) electrons. The van der Waals surface area contributed by atoms with Crippen LogP contribution in [0.5, 0.6) is 5.75 Å². The van der Waals surface area contributed by atoms with Crippen molar-refractivity contribution in [3.05, 3.63) is 53.6 Å². The molecule has 0 aromatic heterocycles. The van der Waals surface area contributed by atoms with Gasteiger partial charge in [-0.15, -0.1) is 0 Å². The highest BCUT2D eigenvalue weighted by Gasteiger charge is 2.29. The highest BCUT2D eigenvalue weighted by atomic mass is 32.2. The first-order valence-corrected chi connectivity index (χ1v) is 11.9. The van der Waals surface area contributed by atoms with E-state index in [9.17, 15) is 18.0 Å². The maximum Gasteiger partial charge on any atom is 0.259 e. The molecule has 1 saturated heterocycles. The summed E-state index contributed by atoms with van der Waals surface area (Å²) in [5.74, 6) is -0.665. The van der Waals surface area contributed by atoms with Gasteiger partial charge in [0.1, 0.15) is 5.75 Å². The fraction of sp³-hybridized carbons (Fsp3) is 0.391. The lowest BCUT2D eigenvalue weighted by Gasteiger charge is -2.21. The van der Waals surface area contributed by atoms with Gasteiger partial charge in [0.2, 0.25) is 10.0 Å². The van der Waals surface area contributed by atoms with E-state index in [1.807, 2.05) is 20.8 Å². The van der Waals surface area contributed by atoms with E-state index in [0.29, 0.717) is 24.3 Å². The standard InChI is InChI=1S/C23H29N3O5S/c1-23(2,3)25-22(28)17-9-5-6-10-19(17)24-21(27)18-15-16(11-12-20(18)31-4)32(29,30)26-13-7-8-14-26/h5-6,9-12,15H,7-8,13-14H2,1-4H3,(H,24,27)(H,25,28). The summed E-state index contributed by atoms with van der Waals surface area (Å²) in [5.41, 5.74) is 0.235. The number of nitrogens with zero attached hydrogens (tertiary/aromatic N) is 1. The number of sulfonamides is 1. The molecule has 1 aliphatic rings. The molecule has 1 aliphatic heterocycles. The van der Waals surface area contributed by atoms with Crippen molar-refractivity contribution in [3.63, 3.8) is 0 Å². The number of carbonyl (C=O) groups is 2. The minimum atomic E-state index is -3.70. The van der Waals surface area contributed by atoms with Gasteiger partial charge in [0.25, 0.3) is 11.8 Å². The van der Waals surface area contributed by atoms with Gasteiger partial charge in [-0.25, -0.2) is 8.42 Å². The number of amides is 2. The van der Waals surface area contributed by atoms with Gasteiger partial charge in [0, 0.05) is 18.6 Å². The second-order valence-corrected chi connectivity index (χ2v) is 10.6.